The SMILES string of the molecule is C=CC(=O)O[C@@H]([C@H](O)[C@@H](O)CO)[C@H](O)CO.Cl[C@H]1[C@H](Cl)[C@@H](Cl)[C@@H](Cl)[C@H](Cl)[C@H]1Cl. The maximum atomic E-state index is 10.9. The minimum atomic E-state index is -1.71. The predicted molar refractivity (Wildman–Crippen MR) is 110 cm³/mol. The van der Waals surface area contributed by atoms with Crippen LogP contribution in [0, 0.1) is 0 Å². The summed E-state index contributed by atoms with van der Waals surface area (Å²) in [5.41, 5.74) is 0. The molecule has 0 aliphatic heterocycles. The zero-order valence-corrected chi connectivity index (χ0v) is 18.8. The van der Waals surface area contributed by atoms with E-state index in [0.717, 1.165) is 6.08 Å². The zero-order chi connectivity index (χ0) is 22.2. The summed E-state index contributed by atoms with van der Waals surface area (Å²) >= 11 is 35.3. The molecule has 1 rings (SSSR count). The number of esters is 1. The van der Waals surface area contributed by atoms with Crippen molar-refractivity contribution < 1.29 is 35.1 Å². The van der Waals surface area contributed by atoms with Gasteiger partial charge in [-0.1, -0.05) is 6.58 Å². The maximum absolute atomic E-state index is 10.9. The molecule has 4 atom stereocenters. The molecule has 13 heteroatoms. The van der Waals surface area contributed by atoms with E-state index in [9.17, 15) is 15.0 Å². The molecule has 1 fully saturated rings. The number of alkyl halides is 6. The highest BCUT2D eigenvalue weighted by Crippen LogP contribution is 2.39. The summed E-state index contributed by atoms with van der Waals surface area (Å²) in [5.74, 6) is -0.929. The van der Waals surface area contributed by atoms with Crippen LogP contribution < -0.4 is 0 Å². The molecule has 0 unspecified atom stereocenters. The van der Waals surface area contributed by atoms with Gasteiger partial charge in [-0.2, -0.15) is 0 Å². The van der Waals surface area contributed by atoms with Crippen molar-refractivity contribution in [2.75, 3.05) is 13.2 Å². The number of halogens is 6. The van der Waals surface area contributed by atoms with Crippen LogP contribution in [0.4, 0.5) is 0 Å². The number of aliphatic hydroxyl groups excluding tert-OH is 5. The van der Waals surface area contributed by atoms with Gasteiger partial charge in [0.25, 0.3) is 0 Å². The molecule has 0 radical (unpaired) electrons. The number of hydrogen-bond acceptors (Lipinski definition) is 7. The maximum Gasteiger partial charge on any atom is 0.330 e. The summed E-state index contributed by atoms with van der Waals surface area (Å²) in [6.07, 6.45) is -5.62. The lowest BCUT2D eigenvalue weighted by atomic mass is 9.97. The quantitative estimate of drug-likeness (QED) is 0.188. The first-order chi connectivity index (χ1) is 12.9. The molecule has 0 spiro atoms. The van der Waals surface area contributed by atoms with Crippen molar-refractivity contribution in [3.05, 3.63) is 12.7 Å². The van der Waals surface area contributed by atoms with E-state index in [1.165, 1.54) is 0 Å². The fraction of sp³-hybridized carbons (Fsp3) is 0.800. The predicted octanol–water partition coefficient (Wildman–Crippen LogP) is 0.796. The van der Waals surface area contributed by atoms with Crippen LogP contribution in [-0.2, 0) is 9.53 Å². The molecule has 1 saturated carbocycles. The standard InChI is InChI=1S/C9H16O7.C6H6Cl6/c1-2-7(14)16-9(6(13)4-11)8(15)5(12)3-10;7-1-2(8)4(10)6(12)5(11)3(1)9/h2,5-6,8-13,15H,1,3-4H2;1-6H/t5-,6+,8+,9+;1-,2-,3-,4+,5+,6+/m0./s1. The largest absolute Gasteiger partial charge is 0.453 e. The van der Waals surface area contributed by atoms with Crippen molar-refractivity contribution >= 4 is 75.6 Å². The molecule has 28 heavy (non-hydrogen) atoms. The Morgan fingerprint density at radius 3 is 1.39 bits per heavy atom. The molecule has 166 valence electrons. The number of carbonyl (C=O) groups is 1. The van der Waals surface area contributed by atoms with E-state index in [0.29, 0.717) is 0 Å². The van der Waals surface area contributed by atoms with E-state index < -0.39 is 75.9 Å². The number of carbonyl (C=O) groups excluding carboxylic acids is 1. The van der Waals surface area contributed by atoms with E-state index in [-0.39, 0.29) is 0 Å². The second kappa shape index (κ2) is 13.9. The Hall–Kier alpha value is 0.750. The van der Waals surface area contributed by atoms with Crippen LogP contribution in [0.3, 0.4) is 0 Å². The Morgan fingerprint density at radius 2 is 1.14 bits per heavy atom. The molecule has 1 aliphatic carbocycles. The number of hydrogen-bond donors (Lipinski definition) is 5. The van der Waals surface area contributed by atoms with Gasteiger partial charge in [0.1, 0.15) is 18.3 Å². The highest BCUT2D eigenvalue weighted by Gasteiger charge is 2.46. The lowest BCUT2D eigenvalue weighted by molar-refractivity contribution is -0.171. The van der Waals surface area contributed by atoms with Gasteiger partial charge in [0.05, 0.1) is 45.5 Å². The van der Waals surface area contributed by atoms with Gasteiger partial charge in [-0.05, 0) is 0 Å². The van der Waals surface area contributed by atoms with Gasteiger partial charge in [0.2, 0.25) is 0 Å². The molecule has 0 amide bonds. The molecular weight excluding hydrogens is 505 g/mol. The highest BCUT2D eigenvalue weighted by molar-refractivity contribution is 6.45. The van der Waals surface area contributed by atoms with E-state index in [2.05, 4.69) is 11.3 Å². The molecule has 0 aromatic rings. The molecule has 1 aliphatic rings. The first kappa shape index (κ1) is 28.8. The lowest BCUT2D eigenvalue weighted by Crippen LogP contribution is -2.52. The molecule has 0 saturated heterocycles. The lowest BCUT2D eigenvalue weighted by Gasteiger charge is -2.37. The van der Waals surface area contributed by atoms with Gasteiger partial charge in [0.15, 0.2) is 6.10 Å². The number of ether oxygens (including phenoxy) is 1. The third kappa shape index (κ3) is 8.12. The van der Waals surface area contributed by atoms with Crippen molar-refractivity contribution in [1.82, 2.24) is 0 Å². The van der Waals surface area contributed by atoms with Crippen LogP contribution in [0.25, 0.3) is 0 Å². The Labute approximate surface area is 192 Å². The van der Waals surface area contributed by atoms with E-state index in [1.54, 1.807) is 0 Å². The second-order valence-corrected chi connectivity index (χ2v) is 8.79. The molecule has 7 nitrogen and oxygen atoms in total. The minimum Gasteiger partial charge on any atom is -0.453 e. The van der Waals surface area contributed by atoms with Crippen LogP contribution in [0.2, 0.25) is 0 Å². The average Bonchev–Trinajstić information content (AvgIpc) is 2.71. The summed E-state index contributed by atoms with van der Waals surface area (Å²) in [5, 5.41) is 42.4. The van der Waals surface area contributed by atoms with Gasteiger partial charge >= 0.3 is 5.97 Å². The van der Waals surface area contributed by atoms with Crippen molar-refractivity contribution in [2.45, 2.75) is 56.7 Å². The van der Waals surface area contributed by atoms with Crippen molar-refractivity contribution in [3.8, 4) is 0 Å². The van der Waals surface area contributed by atoms with Gasteiger partial charge in [0, 0.05) is 6.08 Å². The van der Waals surface area contributed by atoms with Crippen LogP contribution in [0.15, 0.2) is 12.7 Å². The zero-order valence-electron chi connectivity index (χ0n) is 14.3. The summed E-state index contributed by atoms with van der Waals surface area (Å²) < 4.78 is 4.55. The number of rotatable bonds is 7. The van der Waals surface area contributed by atoms with Crippen molar-refractivity contribution in [2.24, 2.45) is 0 Å². The summed E-state index contributed by atoms with van der Waals surface area (Å²) in [6.45, 7) is 1.56. The summed E-state index contributed by atoms with van der Waals surface area (Å²) in [6, 6.07) is 0. The fourth-order valence-corrected chi connectivity index (χ4v) is 4.37. The van der Waals surface area contributed by atoms with Gasteiger partial charge < -0.3 is 30.3 Å². The highest BCUT2D eigenvalue weighted by atomic mass is 35.5. The van der Waals surface area contributed by atoms with Crippen LogP contribution in [-0.4, -0.2) is 101 Å². The Balaban J connectivity index is 0.000000540. The van der Waals surface area contributed by atoms with E-state index in [4.69, 9.17) is 84.9 Å². The van der Waals surface area contributed by atoms with Crippen LogP contribution in [0.1, 0.15) is 0 Å². The van der Waals surface area contributed by atoms with Gasteiger partial charge in [-0.3, -0.25) is 0 Å². The van der Waals surface area contributed by atoms with Crippen LogP contribution >= 0.6 is 69.6 Å². The first-order valence-electron chi connectivity index (χ1n) is 7.87. The van der Waals surface area contributed by atoms with Crippen molar-refractivity contribution in [1.29, 1.82) is 0 Å². The molecule has 0 aromatic carbocycles. The third-order valence-electron chi connectivity index (χ3n) is 3.73. The third-order valence-corrected chi connectivity index (χ3v) is 7.76. The fourth-order valence-electron chi connectivity index (χ4n) is 2.04. The normalized spacial score (nSPS) is 34.2. The van der Waals surface area contributed by atoms with Gasteiger partial charge in [-0.25, -0.2) is 4.79 Å². The average molecular weight is 527 g/mol. The van der Waals surface area contributed by atoms with E-state index >= 15 is 0 Å². The smallest absolute Gasteiger partial charge is 0.330 e. The molecule has 5 N–H and O–H groups in total. The number of aliphatic hydroxyl groups is 5. The second-order valence-electron chi connectivity index (χ2n) is 5.76. The van der Waals surface area contributed by atoms with Gasteiger partial charge in [-0.15, -0.1) is 69.6 Å². The van der Waals surface area contributed by atoms with Crippen molar-refractivity contribution in [3.63, 3.8) is 0 Å². The monoisotopic (exact) mass is 524 g/mol. The van der Waals surface area contributed by atoms with E-state index in [1.807, 2.05) is 0 Å². The minimum absolute atomic E-state index is 0.437. The molecular formula is C15H22Cl6O7. The first-order valence-corrected chi connectivity index (χ1v) is 10.5. The molecule has 0 aromatic heterocycles. The van der Waals surface area contributed by atoms with Crippen LogP contribution in [0.5, 0.6) is 0 Å². The molecule has 0 heterocycles. The topological polar surface area (TPSA) is 127 Å². The Bertz CT molecular complexity index is 429. The Morgan fingerprint density at radius 1 is 0.821 bits per heavy atom. The molecule has 0 bridgehead atoms. The Kier molecular flexibility index (Phi) is 14.3. The summed E-state index contributed by atoms with van der Waals surface area (Å²) in [7, 11) is 0. The summed E-state index contributed by atoms with van der Waals surface area (Å²) in [4.78, 5) is 10.9.